The number of aromatic nitrogens is 1. The molecule has 2 saturated heterocycles. The third kappa shape index (κ3) is 3.42. The maximum atomic E-state index is 12.4. The van der Waals surface area contributed by atoms with Gasteiger partial charge in [0.2, 0.25) is 0 Å². The van der Waals surface area contributed by atoms with E-state index in [1.807, 2.05) is 11.0 Å². The molecule has 1 amide bonds. The van der Waals surface area contributed by atoms with Gasteiger partial charge in [0.25, 0.3) is 5.91 Å². The van der Waals surface area contributed by atoms with Crippen molar-refractivity contribution in [3.63, 3.8) is 0 Å². The van der Waals surface area contributed by atoms with Crippen LogP contribution in [0, 0.1) is 0 Å². The first-order valence-corrected chi connectivity index (χ1v) is 7.52. The number of carbonyl (C=O) groups is 1. The van der Waals surface area contributed by atoms with E-state index in [9.17, 15) is 4.79 Å². The van der Waals surface area contributed by atoms with Gasteiger partial charge in [0.05, 0.1) is 11.8 Å². The van der Waals surface area contributed by atoms with Crippen LogP contribution in [-0.2, 0) is 16.1 Å². The second kappa shape index (κ2) is 6.55. The lowest BCUT2D eigenvalue weighted by Gasteiger charge is -2.35. The minimum Gasteiger partial charge on any atom is -0.364 e. The number of nitrogens with two attached hydrogens (primary N) is 1. The largest absolute Gasteiger partial charge is 0.364 e. The molecule has 116 valence electrons. The summed E-state index contributed by atoms with van der Waals surface area (Å²) in [7, 11) is 0. The third-order valence-corrected chi connectivity index (χ3v) is 4.21. The average Bonchev–Trinajstić information content (AvgIpc) is 3.18. The molecule has 0 bridgehead atoms. The maximum Gasteiger partial charge on any atom is 0.251 e. The topological polar surface area (TPSA) is 84.8 Å². The highest BCUT2D eigenvalue weighted by atomic mass is 16.5. The average molecular weight is 294 g/mol. The quantitative estimate of drug-likeness (QED) is 0.829. The highest BCUT2D eigenvalue weighted by Crippen LogP contribution is 2.21. The molecule has 0 spiro atoms. The fourth-order valence-corrected chi connectivity index (χ4v) is 2.94. The van der Waals surface area contributed by atoms with Crippen molar-refractivity contribution in [2.24, 2.45) is 5.73 Å². The van der Waals surface area contributed by atoms with Crippen LogP contribution in [0.25, 0.3) is 0 Å². The molecular formula is C14H22N4O3. The Morgan fingerprint density at radius 2 is 2.14 bits per heavy atom. The molecule has 0 saturated carbocycles. The molecule has 0 unspecified atom stereocenters. The molecule has 2 atom stereocenters. The van der Waals surface area contributed by atoms with E-state index in [1.54, 1.807) is 6.26 Å². The molecule has 1 aromatic rings. The lowest BCUT2D eigenvalue weighted by Crippen LogP contribution is -2.51. The zero-order chi connectivity index (χ0) is 14.7. The van der Waals surface area contributed by atoms with E-state index in [-0.39, 0.29) is 18.1 Å². The Morgan fingerprint density at radius 3 is 2.76 bits per heavy atom. The molecule has 21 heavy (non-hydrogen) atoms. The number of rotatable bonds is 4. The van der Waals surface area contributed by atoms with Crippen LogP contribution in [0.1, 0.15) is 18.5 Å². The van der Waals surface area contributed by atoms with Gasteiger partial charge < -0.3 is 19.9 Å². The van der Waals surface area contributed by atoms with Crippen molar-refractivity contribution >= 4 is 5.91 Å². The molecule has 2 N–H and O–H groups in total. The summed E-state index contributed by atoms with van der Waals surface area (Å²) in [4.78, 5) is 16.6. The summed E-state index contributed by atoms with van der Waals surface area (Å²) in [5, 5.41) is 3.92. The number of piperazine rings is 1. The minimum atomic E-state index is -0.291. The Bertz CT molecular complexity index is 457. The zero-order valence-corrected chi connectivity index (χ0v) is 12.1. The minimum absolute atomic E-state index is 0.0485. The van der Waals surface area contributed by atoms with Gasteiger partial charge >= 0.3 is 0 Å². The second-order valence-corrected chi connectivity index (χ2v) is 5.65. The van der Waals surface area contributed by atoms with E-state index < -0.39 is 0 Å². The summed E-state index contributed by atoms with van der Waals surface area (Å²) in [5.41, 5.74) is 6.52. The summed E-state index contributed by atoms with van der Waals surface area (Å²) < 4.78 is 10.5. The molecule has 3 heterocycles. The number of nitrogens with zero attached hydrogens (tertiary/aromatic N) is 3. The van der Waals surface area contributed by atoms with Crippen molar-refractivity contribution < 1.29 is 14.1 Å². The normalized spacial score (nSPS) is 27.2. The molecule has 0 aromatic carbocycles. The van der Waals surface area contributed by atoms with E-state index >= 15 is 0 Å². The van der Waals surface area contributed by atoms with Crippen molar-refractivity contribution in [3.05, 3.63) is 18.0 Å². The Balaban J connectivity index is 1.46. The highest BCUT2D eigenvalue weighted by molar-refractivity contribution is 5.81. The summed E-state index contributed by atoms with van der Waals surface area (Å²) in [6, 6.07) is 1.87. The molecule has 2 aliphatic heterocycles. The Hall–Kier alpha value is -1.44. The standard InChI is InChI=1S/C14H22N4O3/c15-9-12-1-2-13(21-12)14(19)18-6-4-17(5-7-18)10-11-3-8-20-16-11/h3,8,12-13H,1-2,4-7,9-10,15H2/t12-,13+/m1/s1. The van der Waals surface area contributed by atoms with E-state index in [0.29, 0.717) is 6.54 Å². The van der Waals surface area contributed by atoms with Gasteiger partial charge in [0, 0.05) is 45.3 Å². The van der Waals surface area contributed by atoms with Gasteiger partial charge in [-0.1, -0.05) is 5.16 Å². The SMILES string of the molecule is NC[C@H]1CC[C@@H](C(=O)N2CCN(Cc3ccon3)CC2)O1. The Kier molecular flexibility index (Phi) is 4.52. The van der Waals surface area contributed by atoms with Crippen molar-refractivity contribution in [2.75, 3.05) is 32.7 Å². The number of hydrogen-bond acceptors (Lipinski definition) is 6. The van der Waals surface area contributed by atoms with Gasteiger partial charge in [-0.05, 0) is 12.8 Å². The number of hydrogen-bond donors (Lipinski definition) is 1. The van der Waals surface area contributed by atoms with Gasteiger partial charge in [0.1, 0.15) is 12.4 Å². The van der Waals surface area contributed by atoms with E-state index in [4.69, 9.17) is 15.0 Å². The fourth-order valence-electron chi connectivity index (χ4n) is 2.94. The van der Waals surface area contributed by atoms with Crippen LogP contribution in [0.15, 0.2) is 16.9 Å². The molecule has 7 heteroatoms. The van der Waals surface area contributed by atoms with Crippen LogP contribution < -0.4 is 5.73 Å². The smallest absolute Gasteiger partial charge is 0.251 e. The molecule has 0 aliphatic carbocycles. The first kappa shape index (κ1) is 14.5. The zero-order valence-electron chi connectivity index (χ0n) is 12.1. The molecule has 0 radical (unpaired) electrons. The molecule has 2 fully saturated rings. The monoisotopic (exact) mass is 294 g/mol. The van der Waals surface area contributed by atoms with Crippen LogP contribution in [0.3, 0.4) is 0 Å². The Labute approximate surface area is 124 Å². The number of carbonyl (C=O) groups excluding carboxylic acids is 1. The molecular weight excluding hydrogens is 272 g/mol. The van der Waals surface area contributed by atoms with Crippen molar-refractivity contribution in [1.82, 2.24) is 15.0 Å². The first-order valence-electron chi connectivity index (χ1n) is 7.52. The van der Waals surface area contributed by atoms with Crippen LogP contribution in [0.5, 0.6) is 0 Å². The lowest BCUT2D eigenvalue weighted by molar-refractivity contribution is -0.144. The van der Waals surface area contributed by atoms with E-state index in [1.165, 1.54) is 0 Å². The highest BCUT2D eigenvalue weighted by Gasteiger charge is 2.34. The van der Waals surface area contributed by atoms with Gasteiger partial charge in [-0.25, -0.2) is 0 Å². The summed E-state index contributed by atoms with van der Waals surface area (Å²) in [6.07, 6.45) is 3.02. The van der Waals surface area contributed by atoms with E-state index in [0.717, 1.165) is 51.3 Å². The molecule has 2 aliphatic rings. The fraction of sp³-hybridized carbons (Fsp3) is 0.714. The third-order valence-electron chi connectivity index (χ3n) is 4.21. The first-order chi connectivity index (χ1) is 10.3. The second-order valence-electron chi connectivity index (χ2n) is 5.65. The molecule has 7 nitrogen and oxygen atoms in total. The van der Waals surface area contributed by atoms with E-state index in [2.05, 4.69) is 10.1 Å². The van der Waals surface area contributed by atoms with Gasteiger partial charge in [-0.15, -0.1) is 0 Å². The van der Waals surface area contributed by atoms with Gasteiger partial charge in [-0.2, -0.15) is 0 Å². The van der Waals surface area contributed by atoms with Crippen LogP contribution >= 0.6 is 0 Å². The predicted octanol–water partition coefficient (Wildman–Crippen LogP) is -0.175. The van der Waals surface area contributed by atoms with Gasteiger partial charge in [-0.3, -0.25) is 9.69 Å². The molecule has 3 rings (SSSR count). The lowest BCUT2D eigenvalue weighted by atomic mass is 10.1. The van der Waals surface area contributed by atoms with Crippen LogP contribution in [0.2, 0.25) is 0 Å². The van der Waals surface area contributed by atoms with Crippen LogP contribution in [0.4, 0.5) is 0 Å². The van der Waals surface area contributed by atoms with Gasteiger partial charge in [0.15, 0.2) is 0 Å². The van der Waals surface area contributed by atoms with Crippen molar-refractivity contribution in [2.45, 2.75) is 31.6 Å². The maximum absolute atomic E-state index is 12.4. The number of ether oxygens (including phenoxy) is 1. The molecule has 1 aromatic heterocycles. The van der Waals surface area contributed by atoms with Crippen LogP contribution in [-0.4, -0.2) is 65.8 Å². The predicted molar refractivity (Wildman–Crippen MR) is 75.3 cm³/mol. The number of amides is 1. The summed E-state index contributed by atoms with van der Waals surface area (Å²) >= 11 is 0. The summed E-state index contributed by atoms with van der Waals surface area (Å²) in [6.45, 7) is 4.45. The van der Waals surface area contributed by atoms with Crippen molar-refractivity contribution in [3.8, 4) is 0 Å². The van der Waals surface area contributed by atoms with Crippen molar-refractivity contribution in [1.29, 1.82) is 0 Å². The summed E-state index contributed by atoms with van der Waals surface area (Å²) in [5.74, 6) is 0.118. The Morgan fingerprint density at radius 1 is 1.33 bits per heavy atom.